The zero-order valence-electron chi connectivity index (χ0n) is 11.4. The number of fused-ring (bicyclic) bond motifs is 1. The predicted octanol–water partition coefficient (Wildman–Crippen LogP) is 2.18. The van der Waals surface area contributed by atoms with Crippen LogP contribution in [-0.4, -0.2) is 29.0 Å². The highest BCUT2D eigenvalue weighted by Gasteiger charge is 2.08. The number of aryl methyl sites for hydroxylation is 1. The van der Waals surface area contributed by atoms with E-state index in [1.807, 2.05) is 13.0 Å². The van der Waals surface area contributed by atoms with Crippen LogP contribution in [0.4, 0.5) is 5.82 Å². The molecule has 6 heteroatoms. The maximum Gasteiger partial charge on any atom is 0.239 e. The summed E-state index contributed by atoms with van der Waals surface area (Å²) in [5, 5.41) is 6.91. The second kappa shape index (κ2) is 5.97. The van der Waals surface area contributed by atoms with Crippen molar-refractivity contribution in [1.29, 1.82) is 0 Å². The summed E-state index contributed by atoms with van der Waals surface area (Å²) in [6.07, 6.45) is 1.52. The third-order valence-corrected chi connectivity index (χ3v) is 3.53. The molecule has 2 heterocycles. The van der Waals surface area contributed by atoms with Crippen LogP contribution < -0.4 is 10.6 Å². The van der Waals surface area contributed by atoms with E-state index in [4.69, 9.17) is 0 Å². The van der Waals surface area contributed by atoms with E-state index in [0.29, 0.717) is 18.3 Å². The Morgan fingerprint density at radius 3 is 2.95 bits per heavy atom. The molecule has 0 saturated heterocycles. The number of hydrogen-bond acceptors (Lipinski definition) is 5. The second-order valence-corrected chi connectivity index (χ2v) is 6.08. The van der Waals surface area contributed by atoms with Crippen LogP contribution in [0.2, 0.25) is 0 Å². The van der Waals surface area contributed by atoms with Gasteiger partial charge in [0.05, 0.1) is 11.9 Å². The lowest BCUT2D eigenvalue weighted by atomic mass is 10.2. The zero-order valence-corrected chi connectivity index (χ0v) is 12.2. The summed E-state index contributed by atoms with van der Waals surface area (Å²) < 4.78 is 0. The second-order valence-electron chi connectivity index (χ2n) is 4.85. The summed E-state index contributed by atoms with van der Waals surface area (Å²) in [6, 6.07) is 2.04. The molecule has 2 N–H and O–H groups in total. The highest BCUT2D eigenvalue weighted by Crippen LogP contribution is 2.27. The molecule has 0 aromatic carbocycles. The number of hydrogen-bond donors (Lipinski definition) is 2. The number of carbonyl (C=O) groups excluding carboxylic acids is 1. The molecule has 102 valence electrons. The van der Waals surface area contributed by atoms with Crippen molar-refractivity contribution in [2.75, 3.05) is 18.4 Å². The number of nitrogens with zero attached hydrogens (tertiary/aromatic N) is 2. The van der Waals surface area contributed by atoms with Crippen LogP contribution in [-0.2, 0) is 4.79 Å². The van der Waals surface area contributed by atoms with Crippen molar-refractivity contribution in [3.8, 4) is 0 Å². The maximum atomic E-state index is 11.6. The Labute approximate surface area is 116 Å². The van der Waals surface area contributed by atoms with Crippen molar-refractivity contribution < 1.29 is 4.79 Å². The highest BCUT2D eigenvalue weighted by atomic mass is 32.1. The maximum absolute atomic E-state index is 11.6. The standard InChI is InChI=1S/C13H18N4OS/c1-8(2)5-14-11(18)6-15-12-10-4-9(3)19-13(10)17-7-16-12/h4,7-8H,5-6H2,1-3H3,(H,14,18)(H,15,16,17). The molecule has 0 aliphatic carbocycles. The summed E-state index contributed by atoms with van der Waals surface area (Å²) in [6.45, 7) is 7.09. The molecule has 19 heavy (non-hydrogen) atoms. The van der Waals surface area contributed by atoms with Gasteiger partial charge in [0.25, 0.3) is 0 Å². The zero-order chi connectivity index (χ0) is 13.8. The van der Waals surface area contributed by atoms with E-state index in [0.717, 1.165) is 10.2 Å². The lowest BCUT2D eigenvalue weighted by Crippen LogP contribution is -2.32. The number of aromatic nitrogens is 2. The molecular formula is C13H18N4OS. The largest absolute Gasteiger partial charge is 0.360 e. The molecule has 2 rings (SSSR count). The Morgan fingerprint density at radius 1 is 1.42 bits per heavy atom. The van der Waals surface area contributed by atoms with E-state index in [1.165, 1.54) is 11.2 Å². The summed E-state index contributed by atoms with van der Waals surface area (Å²) in [5.74, 6) is 1.15. The molecular weight excluding hydrogens is 260 g/mol. The van der Waals surface area contributed by atoms with E-state index in [9.17, 15) is 4.79 Å². The van der Waals surface area contributed by atoms with Gasteiger partial charge in [0, 0.05) is 11.4 Å². The molecule has 0 fully saturated rings. The van der Waals surface area contributed by atoms with Crippen LogP contribution >= 0.6 is 11.3 Å². The lowest BCUT2D eigenvalue weighted by Gasteiger charge is -2.09. The van der Waals surface area contributed by atoms with Gasteiger partial charge in [-0.3, -0.25) is 4.79 Å². The fraction of sp³-hybridized carbons (Fsp3) is 0.462. The first kappa shape index (κ1) is 13.7. The Morgan fingerprint density at radius 2 is 2.21 bits per heavy atom. The van der Waals surface area contributed by atoms with Gasteiger partial charge in [-0.2, -0.15) is 0 Å². The van der Waals surface area contributed by atoms with Gasteiger partial charge in [0.2, 0.25) is 5.91 Å². The minimum atomic E-state index is -0.0209. The summed E-state index contributed by atoms with van der Waals surface area (Å²) in [7, 11) is 0. The normalized spacial score (nSPS) is 10.9. The third-order valence-electron chi connectivity index (χ3n) is 2.58. The minimum absolute atomic E-state index is 0.0209. The lowest BCUT2D eigenvalue weighted by molar-refractivity contribution is -0.119. The molecule has 0 aliphatic heterocycles. The third kappa shape index (κ3) is 3.64. The monoisotopic (exact) mass is 278 g/mol. The van der Waals surface area contributed by atoms with Crippen LogP contribution in [0.3, 0.4) is 0 Å². The molecule has 0 radical (unpaired) electrons. The van der Waals surface area contributed by atoms with Crippen LogP contribution in [0, 0.1) is 12.8 Å². The first-order chi connectivity index (χ1) is 9.06. The number of nitrogens with one attached hydrogen (secondary N) is 2. The molecule has 2 aromatic heterocycles. The smallest absolute Gasteiger partial charge is 0.239 e. The fourth-order valence-electron chi connectivity index (χ4n) is 1.66. The van der Waals surface area contributed by atoms with E-state index < -0.39 is 0 Å². The highest BCUT2D eigenvalue weighted by molar-refractivity contribution is 7.18. The Bertz CT molecular complexity index is 579. The molecule has 1 amide bonds. The molecule has 5 nitrogen and oxygen atoms in total. The van der Waals surface area contributed by atoms with Gasteiger partial charge in [-0.1, -0.05) is 13.8 Å². The van der Waals surface area contributed by atoms with Gasteiger partial charge in [-0.05, 0) is 18.9 Å². The molecule has 0 saturated carbocycles. The average molecular weight is 278 g/mol. The predicted molar refractivity (Wildman–Crippen MR) is 78.5 cm³/mol. The van der Waals surface area contributed by atoms with E-state index in [-0.39, 0.29) is 12.5 Å². The van der Waals surface area contributed by atoms with Gasteiger partial charge in [-0.25, -0.2) is 9.97 Å². The quantitative estimate of drug-likeness (QED) is 0.879. The van der Waals surface area contributed by atoms with E-state index >= 15 is 0 Å². The molecule has 0 bridgehead atoms. The van der Waals surface area contributed by atoms with Crippen molar-refractivity contribution in [2.45, 2.75) is 20.8 Å². The van der Waals surface area contributed by atoms with Crippen molar-refractivity contribution in [1.82, 2.24) is 15.3 Å². The summed E-state index contributed by atoms with van der Waals surface area (Å²) in [4.78, 5) is 22.2. The molecule has 0 spiro atoms. The fourth-order valence-corrected chi connectivity index (χ4v) is 2.51. The van der Waals surface area contributed by atoms with Crippen LogP contribution in [0.25, 0.3) is 10.2 Å². The molecule has 0 aliphatic rings. The molecule has 0 atom stereocenters. The van der Waals surface area contributed by atoms with E-state index in [2.05, 4.69) is 34.4 Å². The van der Waals surface area contributed by atoms with Gasteiger partial charge in [-0.15, -0.1) is 11.3 Å². The minimum Gasteiger partial charge on any atom is -0.360 e. The summed E-state index contributed by atoms with van der Waals surface area (Å²) in [5.41, 5.74) is 0. The summed E-state index contributed by atoms with van der Waals surface area (Å²) >= 11 is 1.62. The van der Waals surface area contributed by atoms with Gasteiger partial charge >= 0.3 is 0 Å². The molecule has 2 aromatic rings. The number of amides is 1. The van der Waals surface area contributed by atoms with Crippen LogP contribution in [0.15, 0.2) is 12.4 Å². The van der Waals surface area contributed by atoms with E-state index in [1.54, 1.807) is 11.3 Å². The average Bonchev–Trinajstić information content (AvgIpc) is 2.74. The van der Waals surface area contributed by atoms with Crippen molar-refractivity contribution in [3.63, 3.8) is 0 Å². The van der Waals surface area contributed by atoms with Crippen LogP contribution in [0.5, 0.6) is 0 Å². The Hall–Kier alpha value is -1.69. The van der Waals surface area contributed by atoms with Gasteiger partial charge < -0.3 is 10.6 Å². The van der Waals surface area contributed by atoms with Crippen LogP contribution in [0.1, 0.15) is 18.7 Å². The van der Waals surface area contributed by atoms with Crippen molar-refractivity contribution >= 4 is 33.3 Å². The SMILES string of the molecule is Cc1cc2c(NCC(=O)NCC(C)C)ncnc2s1. The van der Waals surface area contributed by atoms with Gasteiger partial charge in [0.15, 0.2) is 0 Å². The number of anilines is 1. The first-order valence-electron chi connectivity index (χ1n) is 6.28. The Balaban J connectivity index is 1.99. The number of carbonyl (C=O) groups is 1. The van der Waals surface area contributed by atoms with Crippen molar-refractivity contribution in [2.24, 2.45) is 5.92 Å². The van der Waals surface area contributed by atoms with Gasteiger partial charge in [0.1, 0.15) is 17.0 Å². The topological polar surface area (TPSA) is 66.9 Å². The Kier molecular flexibility index (Phi) is 4.31. The van der Waals surface area contributed by atoms with Crippen molar-refractivity contribution in [3.05, 3.63) is 17.3 Å². The number of thiophene rings is 1. The number of rotatable bonds is 5. The molecule has 0 unspecified atom stereocenters. The first-order valence-corrected chi connectivity index (χ1v) is 7.09.